The first-order valence-corrected chi connectivity index (χ1v) is 6.26. The van der Waals surface area contributed by atoms with Gasteiger partial charge in [-0.3, -0.25) is 4.79 Å². The van der Waals surface area contributed by atoms with Gasteiger partial charge in [-0.25, -0.2) is 4.98 Å². The van der Waals surface area contributed by atoms with Gasteiger partial charge in [-0.05, 0) is 36.1 Å². The summed E-state index contributed by atoms with van der Waals surface area (Å²) in [6.07, 6.45) is 1.39. The molecule has 0 atom stereocenters. The molecule has 0 aliphatic carbocycles. The van der Waals surface area contributed by atoms with Crippen molar-refractivity contribution in [3.8, 4) is 11.6 Å². The first kappa shape index (κ1) is 14.1. The standard InChI is InChI=1S/C16H17N2O2/c1-16(2,3)12-5-7-13(8-6-12)20-14-9-4-11(10-18-14)15(17)19/h4-10H,1H2,2-3H3,(H2,17,19). The first-order valence-electron chi connectivity index (χ1n) is 6.26. The van der Waals surface area contributed by atoms with Gasteiger partial charge < -0.3 is 10.5 Å². The second kappa shape index (κ2) is 5.33. The van der Waals surface area contributed by atoms with Crippen LogP contribution in [0.3, 0.4) is 0 Å². The first-order chi connectivity index (χ1) is 9.36. The van der Waals surface area contributed by atoms with Crippen molar-refractivity contribution in [2.45, 2.75) is 19.3 Å². The highest BCUT2D eigenvalue weighted by atomic mass is 16.5. The smallest absolute Gasteiger partial charge is 0.250 e. The fraction of sp³-hybridized carbons (Fsp3) is 0.188. The lowest BCUT2D eigenvalue weighted by Crippen LogP contribution is -2.11. The lowest BCUT2D eigenvalue weighted by atomic mass is 9.87. The fourth-order valence-corrected chi connectivity index (χ4v) is 1.68. The van der Waals surface area contributed by atoms with Crippen molar-refractivity contribution in [1.29, 1.82) is 0 Å². The van der Waals surface area contributed by atoms with Crippen LogP contribution in [0.5, 0.6) is 11.6 Å². The molecule has 0 fully saturated rings. The van der Waals surface area contributed by atoms with Crippen molar-refractivity contribution >= 4 is 5.91 Å². The van der Waals surface area contributed by atoms with Crippen molar-refractivity contribution in [2.24, 2.45) is 5.73 Å². The highest BCUT2D eigenvalue weighted by Gasteiger charge is 2.13. The van der Waals surface area contributed by atoms with Crippen LogP contribution in [0.1, 0.15) is 29.8 Å². The second-order valence-electron chi connectivity index (χ2n) is 5.26. The van der Waals surface area contributed by atoms with Gasteiger partial charge in [-0.1, -0.05) is 26.0 Å². The van der Waals surface area contributed by atoms with Crippen molar-refractivity contribution < 1.29 is 9.53 Å². The predicted octanol–water partition coefficient (Wildman–Crippen LogP) is 3.08. The molecule has 4 nitrogen and oxygen atoms in total. The number of amides is 1. The molecule has 1 amide bonds. The summed E-state index contributed by atoms with van der Waals surface area (Å²) in [5, 5.41) is 0. The highest BCUT2D eigenvalue weighted by molar-refractivity contribution is 5.92. The molecule has 2 aromatic rings. The predicted molar refractivity (Wildman–Crippen MR) is 77.7 cm³/mol. The van der Waals surface area contributed by atoms with E-state index in [1.54, 1.807) is 12.1 Å². The molecule has 2 N–H and O–H groups in total. The normalized spacial score (nSPS) is 11.2. The average molecular weight is 269 g/mol. The van der Waals surface area contributed by atoms with Crippen LogP contribution in [0.2, 0.25) is 0 Å². The molecule has 0 unspecified atom stereocenters. The zero-order valence-corrected chi connectivity index (χ0v) is 11.6. The van der Waals surface area contributed by atoms with Crippen LogP contribution in [0.25, 0.3) is 0 Å². The minimum atomic E-state index is -0.508. The maximum Gasteiger partial charge on any atom is 0.250 e. The Morgan fingerprint density at radius 1 is 1.20 bits per heavy atom. The summed E-state index contributed by atoms with van der Waals surface area (Å²) < 4.78 is 5.60. The van der Waals surface area contributed by atoms with Gasteiger partial charge in [-0.15, -0.1) is 0 Å². The van der Waals surface area contributed by atoms with Gasteiger partial charge in [0.1, 0.15) is 5.75 Å². The Morgan fingerprint density at radius 2 is 1.85 bits per heavy atom. The third-order valence-electron chi connectivity index (χ3n) is 2.88. The molecule has 1 aromatic carbocycles. The Kier molecular flexibility index (Phi) is 3.74. The van der Waals surface area contributed by atoms with Crippen molar-refractivity contribution in [3.05, 3.63) is 60.6 Å². The SMILES string of the molecule is [CH2]C(C)(C)c1ccc(Oc2ccc(C(N)=O)cn2)cc1. The number of hydrogen-bond donors (Lipinski definition) is 1. The van der Waals surface area contributed by atoms with Gasteiger partial charge >= 0.3 is 0 Å². The molecule has 2 rings (SSSR count). The molecular formula is C16H17N2O2. The van der Waals surface area contributed by atoms with E-state index < -0.39 is 5.91 Å². The third-order valence-corrected chi connectivity index (χ3v) is 2.88. The zero-order valence-electron chi connectivity index (χ0n) is 11.6. The van der Waals surface area contributed by atoms with E-state index in [-0.39, 0.29) is 5.41 Å². The molecule has 0 spiro atoms. The average Bonchev–Trinajstić information content (AvgIpc) is 2.39. The Labute approximate surface area is 118 Å². The number of carbonyl (C=O) groups excluding carboxylic acids is 1. The van der Waals surface area contributed by atoms with Crippen LogP contribution in [-0.2, 0) is 5.41 Å². The molecule has 0 saturated heterocycles. The summed E-state index contributed by atoms with van der Waals surface area (Å²) in [4.78, 5) is 15.0. The Balaban J connectivity index is 2.12. The van der Waals surface area contributed by atoms with Gasteiger partial charge in [0.25, 0.3) is 0 Å². The molecular weight excluding hydrogens is 252 g/mol. The van der Waals surface area contributed by atoms with E-state index in [0.29, 0.717) is 17.2 Å². The third kappa shape index (κ3) is 3.35. The lowest BCUT2D eigenvalue weighted by molar-refractivity contribution is 0.1000. The molecule has 0 saturated carbocycles. The number of hydrogen-bond acceptors (Lipinski definition) is 3. The van der Waals surface area contributed by atoms with E-state index in [0.717, 1.165) is 5.56 Å². The zero-order chi connectivity index (χ0) is 14.8. The summed E-state index contributed by atoms with van der Waals surface area (Å²) in [6, 6.07) is 10.9. The molecule has 0 aliphatic heterocycles. The van der Waals surface area contributed by atoms with Crippen molar-refractivity contribution in [2.75, 3.05) is 0 Å². The maximum atomic E-state index is 10.9. The molecule has 0 bridgehead atoms. The summed E-state index contributed by atoms with van der Waals surface area (Å²) >= 11 is 0. The van der Waals surface area contributed by atoms with Crippen LogP contribution in [-0.4, -0.2) is 10.9 Å². The lowest BCUT2D eigenvalue weighted by Gasteiger charge is -2.18. The van der Waals surface area contributed by atoms with Crippen LogP contribution >= 0.6 is 0 Å². The van der Waals surface area contributed by atoms with Gasteiger partial charge in [0.15, 0.2) is 0 Å². The van der Waals surface area contributed by atoms with E-state index in [4.69, 9.17) is 10.5 Å². The number of nitrogens with two attached hydrogens (primary N) is 1. The van der Waals surface area contributed by atoms with E-state index in [9.17, 15) is 4.79 Å². The largest absolute Gasteiger partial charge is 0.439 e. The van der Waals surface area contributed by atoms with Crippen LogP contribution < -0.4 is 10.5 Å². The number of primary amides is 1. The summed E-state index contributed by atoms with van der Waals surface area (Å²) in [5.41, 5.74) is 6.49. The molecule has 1 aromatic heterocycles. The Hall–Kier alpha value is -2.36. The number of benzene rings is 1. The number of rotatable bonds is 4. The highest BCUT2D eigenvalue weighted by Crippen LogP contribution is 2.25. The quantitative estimate of drug-likeness (QED) is 0.927. The van der Waals surface area contributed by atoms with Crippen LogP contribution in [0, 0.1) is 6.92 Å². The van der Waals surface area contributed by atoms with E-state index >= 15 is 0 Å². The molecule has 1 radical (unpaired) electrons. The minimum absolute atomic E-state index is 0.139. The molecule has 0 aliphatic rings. The number of aromatic nitrogens is 1. The molecule has 20 heavy (non-hydrogen) atoms. The van der Waals surface area contributed by atoms with Crippen molar-refractivity contribution in [1.82, 2.24) is 4.98 Å². The second-order valence-corrected chi connectivity index (χ2v) is 5.26. The van der Waals surface area contributed by atoms with E-state index in [2.05, 4.69) is 11.9 Å². The summed E-state index contributed by atoms with van der Waals surface area (Å²) in [5.74, 6) is 0.583. The fourth-order valence-electron chi connectivity index (χ4n) is 1.68. The monoisotopic (exact) mass is 269 g/mol. The number of ether oxygens (including phenoxy) is 1. The number of nitrogens with zero attached hydrogens (tertiary/aromatic N) is 1. The molecule has 1 heterocycles. The van der Waals surface area contributed by atoms with Gasteiger partial charge in [0.05, 0.1) is 5.56 Å². The van der Waals surface area contributed by atoms with Gasteiger partial charge in [0, 0.05) is 12.3 Å². The number of pyridine rings is 1. The van der Waals surface area contributed by atoms with Crippen LogP contribution in [0.15, 0.2) is 42.6 Å². The van der Waals surface area contributed by atoms with Crippen molar-refractivity contribution in [3.63, 3.8) is 0 Å². The number of carbonyl (C=O) groups is 1. The summed E-state index contributed by atoms with van der Waals surface area (Å²) in [7, 11) is 0. The van der Waals surface area contributed by atoms with E-state index in [1.165, 1.54) is 6.20 Å². The molecule has 4 heteroatoms. The van der Waals surface area contributed by atoms with Crippen LogP contribution in [0.4, 0.5) is 0 Å². The van der Waals surface area contributed by atoms with Gasteiger partial charge in [-0.2, -0.15) is 0 Å². The maximum absolute atomic E-state index is 10.9. The Morgan fingerprint density at radius 3 is 2.30 bits per heavy atom. The Bertz CT molecular complexity index is 596. The van der Waals surface area contributed by atoms with Gasteiger partial charge in [0.2, 0.25) is 11.8 Å². The minimum Gasteiger partial charge on any atom is -0.439 e. The van der Waals surface area contributed by atoms with E-state index in [1.807, 2.05) is 38.1 Å². The summed E-state index contributed by atoms with van der Waals surface area (Å²) in [6.45, 7) is 8.18. The molecule has 103 valence electrons. The topological polar surface area (TPSA) is 65.2 Å².